The quantitative estimate of drug-likeness (QED) is 0.495. The van der Waals surface area contributed by atoms with Gasteiger partial charge in [0.05, 0.1) is 12.3 Å². The molecule has 0 aliphatic heterocycles. The number of hydrogen-bond acceptors (Lipinski definition) is 5. The van der Waals surface area contributed by atoms with E-state index in [-0.39, 0.29) is 17.4 Å². The summed E-state index contributed by atoms with van der Waals surface area (Å²) in [5.41, 5.74) is 1.74. The first-order valence-electron chi connectivity index (χ1n) is 9.39. The maximum Gasteiger partial charge on any atom is 0.387 e. The Kier molecular flexibility index (Phi) is 7.78. The Labute approximate surface area is 177 Å². The van der Waals surface area contributed by atoms with Crippen molar-refractivity contribution in [3.63, 3.8) is 0 Å². The normalized spacial score (nSPS) is 10.9. The van der Waals surface area contributed by atoms with Gasteiger partial charge in [-0.3, -0.25) is 4.79 Å². The second kappa shape index (κ2) is 10.7. The second-order valence-electron chi connectivity index (χ2n) is 6.48. The summed E-state index contributed by atoms with van der Waals surface area (Å²) in [5.74, 6) is 0.916. The molecule has 0 unspecified atom stereocenters. The zero-order chi connectivity index (χ0) is 21.3. The number of benzene rings is 2. The van der Waals surface area contributed by atoms with Gasteiger partial charge in [0.15, 0.2) is 5.16 Å². The van der Waals surface area contributed by atoms with Gasteiger partial charge in [0, 0.05) is 6.54 Å². The van der Waals surface area contributed by atoms with Gasteiger partial charge >= 0.3 is 6.61 Å². The number of hydrogen-bond donors (Lipinski definition) is 1. The van der Waals surface area contributed by atoms with Crippen LogP contribution in [0.2, 0.25) is 0 Å². The molecule has 0 radical (unpaired) electrons. The Morgan fingerprint density at radius 3 is 2.63 bits per heavy atom. The predicted molar refractivity (Wildman–Crippen MR) is 111 cm³/mol. The topological polar surface area (TPSA) is 69.0 Å². The molecule has 0 spiro atoms. The number of ether oxygens (including phenoxy) is 1. The molecule has 0 fully saturated rings. The van der Waals surface area contributed by atoms with E-state index in [9.17, 15) is 13.6 Å². The number of aromatic nitrogens is 3. The summed E-state index contributed by atoms with van der Waals surface area (Å²) < 4.78 is 31.4. The van der Waals surface area contributed by atoms with Gasteiger partial charge in [-0.05, 0) is 30.5 Å². The lowest BCUT2D eigenvalue weighted by molar-refractivity contribution is -0.118. The second-order valence-corrected chi connectivity index (χ2v) is 7.42. The van der Waals surface area contributed by atoms with E-state index >= 15 is 0 Å². The Hall–Kier alpha value is -2.94. The van der Waals surface area contributed by atoms with Crippen LogP contribution in [0.5, 0.6) is 5.75 Å². The molecule has 158 valence electrons. The number of alkyl halides is 2. The lowest BCUT2D eigenvalue weighted by Gasteiger charge is -2.11. The maximum absolute atomic E-state index is 12.5. The Morgan fingerprint density at radius 2 is 1.87 bits per heavy atom. The van der Waals surface area contributed by atoms with Gasteiger partial charge in [0.1, 0.15) is 11.6 Å². The zero-order valence-electron chi connectivity index (χ0n) is 16.4. The highest BCUT2D eigenvalue weighted by Crippen LogP contribution is 2.21. The molecule has 9 heteroatoms. The van der Waals surface area contributed by atoms with E-state index in [1.165, 1.54) is 17.8 Å². The molecule has 0 atom stereocenters. The highest BCUT2D eigenvalue weighted by atomic mass is 32.2. The molecule has 0 aliphatic rings. The van der Waals surface area contributed by atoms with Crippen molar-refractivity contribution in [2.75, 3.05) is 12.3 Å². The summed E-state index contributed by atoms with van der Waals surface area (Å²) >= 11 is 1.31. The van der Waals surface area contributed by atoms with Crippen LogP contribution in [0.1, 0.15) is 17.0 Å². The molecular weight excluding hydrogens is 410 g/mol. The van der Waals surface area contributed by atoms with Crippen molar-refractivity contribution in [2.24, 2.45) is 0 Å². The standard InChI is InChI=1S/C21H22F2N4O2S/c1-15-25-26-21(27(15)13-16-7-3-2-4-8-16)30-14-19(28)24-12-11-17-9-5-6-10-18(17)29-20(22)23/h2-10,20H,11-14H2,1H3,(H,24,28). The summed E-state index contributed by atoms with van der Waals surface area (Å²) in [6.07, 6.45) is 0.391. The Bertz CT molecular complexity index is 967. The minimum absolute atomic E-state index is 0.126. The molecule has 3 rings (SSSR count). The summed E-state index contributed by atoms with van der Waals surface area (Å²) in [6.45, 7) is -0.0590. The van der Waals surface area contributed by atoms with Crippen LogP contribution < -0.4 is 10.1 Å². The minimum Gasteiger partial charge on any atom is -0.435 e. The SMILES string of the molecule is Cc1nnc(SCC(=O)NCCc2ccccc2OC(F)F)n1Cc1ccccc1. The molecule has 2 aromatic carbocycles. The third-order valence-electron chi connectivity index (χ3n) is 4.32. The molecule has 0 aliphatic carbocycles. The van der Waals surface area contributed by atoms with Crippen LogP contribution in [0.15, 0.2) is 59.8 Å². The third-order valence-corrected chi connectivity index (χ3v) is 5.29. The van der Waals surface area contributed by atoms with Gasteiger partial charge < -0.3 is 14.6 Å². The van der Waals surface area contributed by atoms with Crippen molar-refractivity contribution in [3.05, 3.63) is 71.5 Å². The molecule has 1 heterocycles. The molecule has 0 saturated heterocycles. The molecule has 1 aromatic heterocycles. The van der Waals surface area contributed by atoms with E-state index in [2.05, 4.69) is 20.3 Å². The molecule has 30 heavy (non-hydrogen) atoms. The molecular formula is C21H22F2N4O2S. The zero-order valence-corrected chi connectivity index (χ0v) is 17.2. The fraction of sp³-hybridized carbons (Fsp3) is 0.286. The van der Waals surface area contributed by atoms with Crippen molar-refractivity contribution >= 4 is 17.7 Å². The Morgan fingerprint density at radius 1 is 1.13 bits per heavy atom. The van der Waals surface area contributed by atoms with Gasteiger partial charge in [0.2, 0.25) is 5.91 Å². The number of aryl methyl sites for hydroxylation is 1. The molecule has 1 N–H and O–H groups in total. The highest BCUT2D eigenvalue weighted by Gasteiger charge is 2.13. The lowest BCUT2D eigenvalue weighted by Crippen LogP contribution is -2.27. The predicted octanol–water partition coefficient (Wildman–Crippen LogP) is 3.69. The average molecular weight is 432 g/mol. The number of rotatable bonds is 10. The van der Waals surface area contributed by atoms with E-state index < -0.39 is 6.61 Å². The fourth-order valence-corrected chi connectivity index (χ4v) is 3.67. The number of nitrogens with one attached hydrogen (secondary N) is 1. The lowest BCUT2D eigenvalue weighted by atomic mass is 10.1. The van der Waals surface area contributed by atoms with Gasteiger partial charge in [-0.25, -0.2) is 0 Å². The van der Waals surface area contributed by atoms with Gasteiger partial charge in [-0.1, -0.05) is 60.3 Å². The summed E-state index contributed by atoms with van der Waals surface area (Å²) in [5, 5.41) is 11.7. The van der Waals surface area contributed by atoms with E-state index in [4.69, 9.17) is 0 Å². The van der Waals surface area contributed by atoms with E-state index in [1.807, 2.05) is 41.8 Å². The van der Waals surface area contributed by atoms with Gasteiger partial charge in [0.25, 0.3) is 0 Å². The minimum atomic E-state index is -2.88. The average Bonchev–Trinajstić information content (AvgIpc) is 3.07. The van der Waals surface area contributed by atoms with Crippen molar-refractivity contribution in [1.29, 1.82) is 0 Å². The number of nitrogens with zero attached hydrogens (tertiary/aromatic N) is 3. The summed E-state index contributed by atoms with van der Waals surface area (Å²) in [4.78, 5) is 12.2. The molecule has 1 amide bonds. The Balaban J connectivity index is 1.49. The smallest absolute Gasteiger partial charge is 0.387 e. The number of halogens is 2. The van der Waals surface area contributed by atoms with Crippen molar-refractivity contribution < 1.29 is 18.3 Å². The van der Waals surface area contributed by atoms with E-state index in [0.717, 1.165) is 11.4 Å². The number of para-hydroxylation sites is 1. The van der Waals surface area contributed by atoms with Gasteiger partial charge in [-0.15, -0.1) is 10.2 Å². The van der Waals surface area contributed by atoms with Crippen LogP contribution in [-0.2, 0) is 17.8 Å². The third kappa shape index (κ3) is 6.28. The summed E-state index contributed by atoms with van der Waals surface area (Å²) in [7, 11) is 0. The van der Waals surface area contributed by atoms with Crippen LogP contribution in [-0.4, -0.2) is 39.6 Å². The van der Waals surface area contributed by atoms with Gasteiger partial charge in [-0.2, -0.15) is 8.78 Å². The van der Waals surface area contributed by atoms with E-state index in [1.54, 1.807) is 18.2 Å². The highest BCUT2D eigenvalue weighted by molar-refractivity contribution is 7.99. The summed E-state index contributed by atoms with van der Waals surface area (Å²) in [6, 6.07) is 16.5. The van der Waals surface area contributed by atoms with Crippen molar-refractivity contribution in [2.45, 2.75) is 31.7 Å². The molecule has 0 saturated carbocycles. The van der Waals surface area contributed by atoms with Crippen LogP contribution >= 0.6 is 11.8 Å². The first-order valence-corrected chi connectivity index (χ1v) is 10.4. The van der Waals surface area contributed by atoms with E-state index in [0.29, 0.717) is 30.2 Å². The first-order chi connectivity index (χ1) is 14.5. The number of amides is 1. The monoisotopic (exact) mass is 432 g/mol. The fourth-order valence-electron chi connectivity index (χ4n) is 2.86. The maximum atomic E-state index is 12.5. The number of carbonyl (C=O) groups is 1. The largest absolute Gasteiger partial charge is 0.435 e. The van der Waals surface area contributed by atoms with Crippen LogP contribution in [0.25, 0.3) is 0 Å². The van der Waals surface area contributed by atoms with Crippen LogP contribution in [0.3, 0.4) is 0 Å². The molecule has 0 bridgehead atoms. The number of carbonyl (C=O) groups excluding carboxylic acids is 1. The van der Waals surface area contributed by atoms with Crippen molar-refractivity contribution in [1.82, 2.24) is 20.1 Å². The van der Waals surface area contributed by atoms with Crippen LogP contribution in [0, 0.1) is 6.92 Å². The number of thioether (sulfide) groups is 1. The van der Waals surface area contributed by atoms with Crippen molar-refractivity contribution in [3.8, 4) is 5.75 Å². The first kappa shape index (κ1) is 21.8. The molecule has 6 nitrogen and oxygen atoms in total. The molecule has 3 aromatic rings. The van der Waals surface area contributed by atoms with Crippen LogP contribution in [0.4, 0.5) is 8.78 Å².